The van der Waals surface area contributed by atoms with Gasteiger partial charge in [0, 0.05) is 17.8 Å². The van der Waals surface area contributed by atoms with Gasteiger partial charge in [-0.1, -0.05) is 11.6 Å². The molecule has 0 aliphatic carbocycles. The minimum Gasteiger partial charge on any atom is -0.497 e. The van der Waals surface area contributed by atoms with Crippen molar-refractivity contribution < 1.29 is 28.5 Å². The molecular weight excluding hydrogens is 473 g/mol. The SMILES string of the molecule is CCOc1ccc(OCC)c(N=NC(C(C)=O)C(=O)N(Cl)c2cc(OC)ccc2OC)c1Cl. The van der Waals surface area contributed by atoms with Crippen LogP contribution in [-0.2, 0) is 9.59 Å². The first-order valence-electron chi connectivity index (χ1n) is 10.00. The number of methoxy groups -OCH3 is 2. The molecule has 0 aliphatic rings. The Bertz CT molecular complexity index is 1030. The Hall–Kier alpha value is -3.04. The zero-order chi connectivity index (χ0) is 24.5. The van der Waals surface area contributed by atoms with E-state index in [-0.39, 0.29) is 16.4 Å². The molecule has 33 heavy (non-hydrogen) atoms. The number of ketones is 1. The van der Waals surface area contributed by atoms with Crippen molar-refractivity contribution in [3.05, 3.63) is 35.4 Å². The number of nitrogens with zero attached hydrogens (tertiary/aromatic N) is 3. The van der Waals surface area contributed by atoms with Crippen LogP contribution < -0.4 is 23.4 Å². The van der Waals surface area contributed by atoms with Gasteiger partial charge < -0.3 is 18.9 Å². The average Bonchev–Trinajstić information content (AvgIpc) is 2.81. The highest BCUT2D eigenvalue weighted by molar-refractivity contribution is 6.39. The summed E-state index contributed by atoms with van der Waals surface area (Å²) in [6, 6.07) is 6.43. The molecule has 1 unspecified atom stereocenters. The molecule has 9 nitrogen and oxygen atoms in total. The lowest BCUT2D eigenvalue weighted by Crippen LogP contribution is -2.36. The largest absolute Gasteiger partial charge is 0.497 e. The third kappa shape index (κ3) is 6.27. The van der Waals surface area contributed by atoms with E-state index in [9.17, 15) is 9.59 Å². The lowest BCUT2D eigenvalue weighted by atomic mass is 10.2. The van der Waals surface area contributed by atoms with Crippen LogP contribution in [0, 0.1) is 0 Å². The minimum atomic E-state index is -1.54. The van der Waals surface area contributed by atoms with Gasteiger partial charge in [-0.25, -0.2) is 4.42 Å². The summed E-state index contributed by atoms with van der Waals surface area (Å²) in [5.41, 5.74) is 0.306. The summed E-state index contributed by atoms with van der Waals surface area (Å²) >= 11 is 12.7. The van der Waals surface area contributed by atoms with Gasteiger partial charge in [0.15, 0.2) is 5.78 Å². The predicted octanol–water partition coefficient (Wildman–Crippen LogP) is 5.38. The zero-order valence-electron chi connectivity index (χ0n) is 18.9. The summed E-state index contributed by atoms with van der Waals surface area (Å²) < 4.78 is 22.2. The van der Waals surface area contributed by atoms with Crippen LogP contribution >= 0.6 is 23.4 Å². The molecular formula is C22H25Cl2N3O6. The second-order valence-corrected chi connectivity index (χ2v) is 7.19. The molecule has 0 aromatic heterocycles. The predicted molar refractivity (Wildman–Crippen MR) is 126 cm³/mol. The van der Waals surface area contributed by atoms with Gasteiger partial charge in [0.1, 0.15) is 39.4 Å². The Labute approximate surface area is 202 Å². The first-order valence-corrected chi connectivity index (χ1v) is 10.7. The van der Waals surface area contributed by atoms with Crippen LogP contribution in [0.15, 0.2) is 40.6 Å². The van der Waals surface area contributed by atoms with E-state index in [1.165, 1.54) is 27.2 Å². The van der Waals surface area contributed by atoms with E-state index >= 15 is 0 Å². The minimum absolute atomic E-state index is 0.128. The summed E-state index contributed by atoms with van der Waals surface area (Å²) in [4.78, 5) is 25.4. The van der Waals surface area contributed by atoms with E-state index < -0.39 is 17.7 Å². The normalized spacial score (nSPS) is 11.7. The van der Waals surface area contributed by atoms with Crippen LogP contribution in [0.25, 0.3) is 0 Å². The number of anilines is 1. The van der Waals surface area contributed by atoms with Crippen LogP contribution in [0.3, 0.4) is 0 Å². The van der Waals surface area contributed by atoms with Gasteiger partial charge in [-0.3, -0.25) is 9.59 Å². The molecule has 0 fully saturated rings. The van der Waals surface area contributed by atoms with E-state index in [1.54, 1.807) is 38.1 Å². The molecule has 0 saturated heterocycles. The highest BCUT2D eigenvalue weighted by Gasteiger charge is 2.31. The second kappa shape index (κ2) is 12.3. The molecule has 2 aromatic rings. The van der Waals surface area contributed by atoms with Gasteiger partial charge in [-0.15, -0.1) is 5.11 Å². The third-order valence-electron chi connectivity index (χ3n) is 4.33. The fourth-order valence-corrected chi connectivity index (χ4v) is 3.23. The van der Waals surface area contributed by atoms with Crippen LogP contribution in [-0.4, -0.2) is 45.2 Å². The van der Waals surface area contributed by atoms with Crippen molar-refractivity contribution in [2.24, 2.45) is 10.2 Å². The van der Waals surface area contributed by atoms with Crippen LogP contribution in [0.1, 0.15) is 20.8 Å². The Morgan fingerprint density at radius 2 is 1.61 bits per heavy atom. The van der Waals surface area contributed by atoms with Gasteiger partial charge in [-0.2, -0.15) is 5.11 Å². The van der Waals surface area contributed by atoms with Crippen molar-refractivity contribution in [1.29, 1.82) is 0 Å². The third-order valence-corrected chi connectivity index (χ3v) is 5.04. The number of carbonyl (C=O) groups excluding carboxylic acids is 2. The van der Waals surface area contributed by atoms with Crippen molar-refractivity contribution >= 4 is 46.4 Å². The summed E-state index contributed by atoms with van der Waals surface area (Å²) in [5.74, 6) is 0.000408. The van der Waals surface area contributed by atoms with E-state index in [0.717, 1.165) is 4.42 Å². The fraction of sp³-hybridized carbons (Fsp3) is 0.364. The summed E-state index contributed by atoms with van der Waals surface area (Å²) in [5, 5.41) is 8.16. The summed E-state index contributed by atoms with van der Waals surface area (Å²) in [6.45, 7) is 5.52. The molecule has 0 N–H and O–H groups in total. The highest BCUT2D eigenvalue weighted by atomic mass is 35.5. The topological polar surface area (TPSA) is 99.0 Å². The monoisotopic (exact) mass is 497 g/mol. The number of amides is 1. The maximum atomic E-state index is 13.1. The number of benzene rings is 2. The first kappa shape index (κ1) is 26.2. The lowest BCUT2D eigenvalue weighted by Gasteiger charge is -2.20. The first-order chi connectivity index (χ1) is 15.8. The number of rotatable bonds is 11. The maximum absolute atomic E-state index is 13.1. The number of ether oxygens (including phenoxy) is 4. The van der Waals surface area contributed by atoms with Crippen molar-refractivity contribution in [2.45, 2.75) is 26.8 Å². The van der Waals surface area contributed by atoms with Crippen LogP contribution in [0.5, 0.6) is 23.0 Å². The Morgan fingerprint density at radius 1 is 1.00 bits per heavy atom. The van der Waals surface area contributed by atoms with E-state index in [4.69, 9.17) is 42.3 Å². The number of carbonyl (C=O) groups is 2. The van der Waals surface area contributed by atoms with Crippen LogP contribution in [0.4, 0.5) is 11.4 Å². The van der Waals surface area contributed by atoms with E-state index in [2.05, 4.69) is 10.2 Å². The second-order valence-electron chi connectivity index (χ2n) is 6.48. The molecule has 178 valence electrons. The van der Waals surface area contributed by atoms with Crippen LogP contribution in [0.2, 0.25) is 5.02 Å². The Kier molecular flexibility index (Phi) is 9.74. The van der Waals surface area contributed by atoms with Gasteiger partial charge in [-0.05, 0) is 45.0 Å². The molecule has 0 heterocycles. The number of hydrogen-bond donors (Lipinski definition) is 0. The summed E-state index contributed by atoms with van der Waals surface area (Å²) in [6.07, 6.45) is 0. The number of halogens is 2. The zero-order valence-corrected chi connectivity index (χ0v) is 20.4. The smallest absolute Gasteiger partial charge is 0.276 e. The summed E-state index contributed by atoms with van der Waals surface area (Å²) in [7, 11) is 2.89. The molecule has 2 aromatic carbocycles. The molecule has 1 amide bonds. The molecule has 0 spiro atoms. The number of Topliss-reactive ketones (excluding diaryl/α,β-unsaturated/α-hetero) is 1. The van der Waals surface area contributed by atoms with Gasteiger partial charge in [0.05, 0.1) is 27.4 Å². The average molecular weight is 498 g/mol. The number of hydrogen-bond acceptors (Lipinski definition) is 8. The standard InChI is InChI=1S/C22H25Cl2N3O6/c1-6-32-17-10-11-18(33-7-2)21(19(17)23)26-25-20(13(3)28)22(29)27(24)15-12-14(30-4)8-9-16(15)31-5/h8-12,20H,6-7H2,1-5H3. The maximum Gasteiger partial charge on any atom is 0.276 e. The van der Waals surface area contributed by atoms with Gasteiger partial charge >= 0.3 is 0 Å². The lowest BCUT2D eigenvalue weighted by molar-refractivity contribution is -0.126. The molecule has 0 bridgehead atoms. The molecule has 11 heteroatoms. The molecule has 0 aliphatic heterocycles. The molecule has 2 rings (SSSR count). The van der Waals surface area contributed by atoms with Crippen molar-refractivity contribution in [3.8, 4) is 23.0 Å². The van der Waals surface area contributed by atoms with E-state index in [0.29, 0.717) is 36.2 Å². The molecule has 0 radical (unpaired) electrons. The fourth-order valence-electron chi connectivity index (χ4n) is 2.76. The Balaban J connectivity index is 2.45. The molecule has 1 atom stereocenters. The van der Waals surface area contributed by atoms with Crippen molar-refractivity contribution in [3.63, 3.8) is 0 Å². The van der Waals surface area contributed by atoms with Crippen molar-refractivity contribution in [2.75, 3.05) is 31.9 Å². The molecule has 0 saturated carbocycles. The Morgan fingerprint density at radius 3 is 2.18 bits per heavy atom. The quantitative estimate of drug-likeness (QED) is 0.234. The van der Waals surface area contributed by atoms with Gasteiger partial charge in [0.2, 0.25) is 6.04 Å². The number of azo groups is 1. The highest BCUT2D eigenvalue weighted by Crippen LogP contribution is 2.42. The van der Waals surface area contributed by atoms with E-state index in [1.807, 2.05) is 0 Å². The van der Waals surface area contributed by atoms with Crippen molar-refractivity contribution in [1.82, 2.24) is 0 Å². The van der Waals surface area contributed by atoms with Gasteiger partial charge in [0.25, 0.3) is 5.91 Å².